The Morgan fingerprint density at radius 2 is 1.79 bits per heavy atom. The van der Waals surface area contributed by atoms with Crippen LogP contribution < -0.4 is 5.32 Å². The molecule has 1 aliphatic heterocycles. The number of nitrogens with one attached hydrogen (secondary N) is 1. The summed E-state index contributed by atoms with van der Waals surface area (Å²) >= 11 is 0. The van der Waals surface area contributed by atoms with Crippen LogP contribution >= 0.6 is 0 Å². The fourth-order valence-electron chi connectivity index (χ4n) is 3.69. The first-order valence-electron chi connectivity index (χ1n) is 8.15. The standard InChI is InChI=1S/C16H30N2O/c1-13(14-6-4-3-5-7-14)12-16(19)18-10-8-15(17-2)9-11-18/h13-15,17H,3-12H2,1-2H3. The maximum atomic E-state index is 12.4. The van der Waals surface area contributed by atoms with Crippen LogP contribution in [-0.2, 0) is 4.79 Å². The van der Waals surface area contributed by atoms with E-state index < -0.39 is 0 Å². The number of carbonyl (C=O) groups excluding carboxylic acids is 1. The summed E-state index contributed by atoms with van der Waals surface area (Å²) in [6, 6.07) is 0.611. The second-order valence-electron chi connectivity index (χ2n) is 6.52. The Kier molecular flexibility index (Phi) is 5.68. The van der Waals surface area contributed by atoms with Crippen LogP contribution in [0.5, 0.6) is 0 Å². The molecule has 1 atom stereocenters. The van der Waals surface area contributed by atoms with E-state index >= 15 is 0 Å². The Balaban J connectivity index is 1.74. The SMILES string of the molecule is CNC1CCN(C(=O)CC(C)C2CCCCC2)CC1. The van der Waals surface area contributed by atoms with Gasteiger partial charge in [0.1, 0.15) is 0 Å². The highest BCUT2D eigenvalue weighted by Gasteiger charge is 2.26. The maximum Gasteiger partial charge on any atom is 0.222 e. The minimum atomic E-state index is 0.396. The third-order valence-corrected chi connectivity index (χ3v) is 5.21. The molecule has 0 spiro atoms. The molecule has 2 aliphatic rings. The number of hydrogen-bond donors (Lipinski definition) is 1. The molecule has 1 amide bonds. The molecular weight excluding hydrogens is 236 g/mol. The molecule has 110 valence electrons. The van der Waals surface area contributed by atoms with Crippen LogP contribution in [0, 0.1) is 11.8 Å². The number of amides is 1. The number of piperidine rings is 1. The molecule has 2 rings (SSSR count). The summed E-state index contributed by atoms with van der Waals surface area (Å²) in [4.78, 5) is 14.4. The van der Waals surface area contributed by atoms with Crippen molar-refractivity contribution in [2.45, 2.75) is 64.3 Å². The summed E-state index contributed by atoms with van der Waals surface area (Å²) in [6.45, 7) is 4.18. The zero-order chi connectivity index (χ0) is 13.7. The number of nitrogens with zero attached hydrogens (tertiary/aromatic N) is 1. The maximum absolute atomic E-state index is 12.4. The quantitative estimate of drug-likeness (QED) is 0.848. The summed E-state index contributed by atoms with van der Waals surface area (Å²) in [5.41, 5.74) is 0. The van der Waals surface area contributed by atoms with E-state index in [2.05, 4.69) is 17.1 Å². The molecule has 1 saturated carbocycles. The Bertz CT molecular complexity index is 278. The highest BCUT2D eigenvalue weighted by Crippen LogP contribution is 2.31. The predicted molar refractivity (Wildman–Crippen MR) is 79.0 cm³/mol. The molecular formula is C16H30N2O. The first-order chi connectivity index (χ1) is 9.20. The normalized spacial score (nSPS) is 24.4. The van der Waals surface area contributed by atoms with Crippen LogP contribution in [0.3, 0.4) is 0 Å². The number of rotatable bonds is 4. The van der Waals surface area contributed by atoms with Crippen molar-refractivity contribution in [1.82, 2.24) is 10.2 Å². The van der Waals surface area contributed by atoms with Crippen LogP contribution in [0.1, 0.15) is 58.3 Å². The van der Waals surface area contributed by atoms with Gasteiger partial charge in [0, 0.05) is 25.6 Å². The minimum absolute atomic E-state index is 0.396. The van der Waals surface area contributed by atoms with Crippen LogP contribution in [-0.4, -0.2) is 37.0 Å². The Labute approximate surface area is 118 Å². The lowest BCUT2D eigenvalue weighted by atomic mass is 9.79. The number of likely N-dealkylation sites (tertiary alicyclic amines) is 1. The van der Waals surface area contributed by atoms with Gasteiger partial charge in [-0.1, -0.05) is 39.0 Å². The predicted octanol–water partition coefficient (Wildman–Crippen LogP) is 2.80. The Morgan fingerprint density at radius 1 is 1.16 bits per heavy atom. The number of hydrogen-bond acceptors (Lipinski definition) is 2. The zero-order valence-corrected chi connectivity index (χ0v) is 12.7. The fourth-order valence-corrected chi connectivity index (χ4v) is 3.69. The summed E-state index contributed by atoms with van der Waals surface area (Å²) in [5.74, 6) is 1.77. The van der Waals surface area contributed by atoms with E-state index in [1.54, 1.807) is 0 Å². The van der Waals surface area contributed by atoms with Crippen molar-refractivity contribution >= 4 is 5.91 Å². The van der Waals surface area contributed by atoms with Crippen LogP contribution in [0.25, 0.3) is 0 Å². The summed E-state index contributed by atoms with van der Waals surface area (Å²) in [6.07, 6.45) is 9.82. The molecule has 0 bridgehead atoms. The largest absolute Gasteiger partial charge is 0.343 e. The smallest absolute Gasteiger partial charge is 0.222 e. The van der Waals surface area contributed by atoms with Crippen molar-refractivity contribution in [1.29, 1.82) is 0 Å². The van der Waals surface area contributed by atoms with E-state index in [-0.39, 0.29) is 0 Å². The molecule has 1 unspecified atom stereocenters. The molecule has 1 saturated heterocycles. The second-order valence-corrected chi connectivity index (χ2v) is 6.52. The Hall–Kier alpha value is -0.570. The van der Waals surface area contributed by atoms with Gasteiger partial charge in [-0.25, -0.2) is 0 Å². The second kappa shape index (κ2) is 7.28. The number of carbonyl (C=O) groups is 1. The van der Waals surface area contributed by atoms with Crippen molar-refractivity contribution in [3.63, 3.8) is 0 Å². The molecule has 1 aliphatic carbocycles. The van der Waals surface area contributed by atoms with E-state index in [0.717, 1.165) is 38.3 Å². The summed E-state index contributed by atoms with van der Waals surface area (Å²) in [5, 5.41) is 3.32. The first kappa shape index (κ1) is 14.8. The molecule has 0 aromatic rings. The van der Waals surface area contributed by atoms with Gasteiger partial charge in [0.15, 0.2) is 0 Å². The van der Waals surface area contributed by atoms with Gasteiger partial charge in [-0.3, -0.25) is 4.79 Å². The van der Waals surface area contributed by atoms with E-state index in [1.165, 1.54) is 32.1 Å². The fraction of sp³-hybridized carbons (Fsp3) is 0.938. The Morgan fingerprint density at radius 3 is 2.37 bits per heavy atom. The third kappa shape index (κ3) is 4.20. The molecule has 0 radical (unpaired) electrons. The average Bonchev–Trinajstić information content (AvgIpc) is 2.48. The lowest BCUT2D eigenvalue weighted by Crippen LogP contribution is -2.44. The van der Waals surface area contributed by atoms with Crippen molar-refractivity contribution in [3.05, 3.63) is 0 Å². The van der Waals surface area contributed by atoms with Crippen molar-refractivity contribution in [2.24, 2.45) is 11.8 Å². The van der Waals surface area contributed by atoms with Crippen molar-refractivity contribution in [2.75, 3.05) is 20.1 Å². The summed E-state index contributed by atoms with van der Waals surface area (Å²) in [7, 11) is 2.02. The van der Waals surface area contributed by atoms with Gasteiger partial charge in [-0.15, -0.1) is 0 Å². The zero-order valence-electron chi connectivity index (χ0n) is 12.7. The van der Waals surface area contributed by atoms with E-state index in [4.69, 9.17) is 0 Å². The van der Waals surface area contributed by atoms with Gasteiger partial charge < -0.3 is 10.2 Å². The molecule has 1 N–H and O–H groups in total. The highest BCUT2D eigenvalue weighted by molar-refractivity contribution is 5.76. The molecule has 2 fully saturated rings. The molecule has 0 aromatic carbocycles. The first-order valence-corrected chi connectivity index (χ1v) is 8.15. The summed E-state index contributed by atoms with van der Waals surface area (Å²) < 4.78 is 0. The third-order valence-electron chi connectivity index (χ3n) is 5.21. The highest BCUT2D eigenvalue weighted by atomic mass is 16.2. The van der Waals surface area contributed by atoms with E-state index in [1.807, 2.05) is 7.05 Å². The lowest BCUT2D eigenvalue weighted by Gasteiger charge is -2.34. The lowest BCUT2D eigenvalue weighted by molar-refractivity contribution is -0.133. The topological polar surface area (TPSA) is 32.3 Å². The molecule has 3 nitrogen and oxygen atoms in total. The van der Waals surface area contributed by atoms with Crippen molar-refractivity contribution < 1.29 is 4.79 Å². The molecule has 3 heteroatoms. The minimum Gasteiger partial charge on any atom is -0.343 e. The van der Waals surface area contributed by atoms with Crippen LogP contribution in [0.2, 0.25) is 0 Å². The molecule has 1 heterocycles. The van der Waals surface area contributed by atoms with Gasteiger partial charge in [-0.05, 0) is 31.7 Å². The van der Waals surface area contributed by atoms with E-state index in [9.17, 15) is 4.79 Å². The van der Waals surface area contributed by atoms with Crippen molar-refractivity contribution in [3.8, 4) is 0 Å². The van der Waals surface area contributed by atoms with Gasteiger partial charge in [-0.2, -0.15) is 0 Å². The van der Waals surface area contributed by atoms with Gasteiger partial charge in [0.2, 0.25) is 5.91 Å². The molecule has 19 heavy (non-hydrogen) atoms. The van der Waals surface area contributed by atoms with Crippen LogP contribution in [0.15, 0.2) is 0 Å². The molecule has 0 aromatic heterocycles. The van der Waals surface area contributed by atoms with E-state index in [0.29, 0.717) is 17.9 Å². The van der Waals surface area contributed by atoms with Gasteiger partial charge >= 0.3 is 0 Å². The monoisotopic (exact) mass is 266 g/mol. The van der Waals surface area contributed by atoms with Crippen LogP contribution in [0.4, 0.5) is 0 Å². The van der Waals surface area contributed by atoms with Gasteiger partial charge in [0.05, 0.1) is 0 Å². The van der Waals surface area contributed by atoms with Gasteiger partial charge in [0.25, 0.3) is 0 Å². The average molecular weight is 266 g/mol.